The molecule has 0 heterocycles. The van der Waals surface area contributed by atoms with Crippen LogP contribution in [0, 0.1) is 0 Å². The Labute approximate surface area is 80.7 Å². The molecule has 0 rings (SSSR count). The molecule has 1 nitrogen and oxygen atoms in total. The molecule has 0 aromatic rings. The zero-order chi connectivity index (χ0) is 5.21. The van der Waals surface area contributed by atoms with Gasteiger partial charge in [0.2, 0.25) is 0 Å². The van der Waals surface area contributed by atoms with Gasteiger partial charge in [0.05, 0.1) is 0 Å². The van der Waals surface area contributed by atoms with Crippen LogP contribution in [0.3, 0.4) is 0 Å². The normalized spacial score (nSPS) is 9.57. The van der Waals surface area contributed by atoms with E-state index in [1.54, 1.807) is 0 Å². The molecule has 36 valence electrons. The Morgan fingerprint density at radius 3 is 1.43 bits per heavy atom. The number of hydrogen-bond acceptors (Lipinski definition) is 1. The maximum absolute atomic E-state index is 10.4. The summed E-state index contributed by atoms with van der Waals surface area (Å²) in [5.74, 6) is 0. The Morgan fingerprint density at radius 2 is 1.43 bits per heavy atom. The maximum atomic E-state index is 10.4. The van der Waals surface area contributed by atoms with Gasteiger partial charge >= 0.3 is 51.4 Å². The van der Waals surface area contributed by atoms with Gasteiger partial charge in [0.1, 0.15) is 0 Å². The van der Waals surface area contributed by atoms with Gasteiger partial charge in [0.15, 0.2) is 0 Å². The van der Waals surface area contributed by atoms with Gasteiger partial charge < -0.3 is 4.79 Å². The second kappa shape index (κ2) is 4.02. The van der Waals surface area contributed by atoms with E-state index in [9.17, 15) is 13.2 Å². The van der Waals surface area contributed by atoms with Crippen LogP contribution in [0.2, 0.25) is 0 Å². The summed E-state index contributed by atoms with van der Waals surface area (Å²) in [5.41, 5.74) is 0. The molecule has 0 saturated heterocycles. The van der Waals surface area contributed by atoms with Crippen LogP contribution in [0.4, 0.5) is 13.2 Å². The van der Waals surface area contributed by atoms with Crippen LogP contribution < -0.4 is 51.4 Å². The summed E-state index contributed by atoms with van der Waals surface area (Å²) in [6.07, 6.45) is -4.91. The minimum Gasteiger partial charge on any atom is -0.533 e. The first-order valence-electron chi connectivity index (χ1n) is 1.02. The maximum Gasteiger partial charge on any atom is 1.00 e. The van der Waals surface area contributed by atoms with Crippen molar-refractivity contribution in [2.45, 2.75) is 6.18 Å². The van der Waals surface area contributed by atoms with Crippen molar-refractivity contribution in [3.63, 3.8) is 0 Å². The zero-order valence-electron chi connectivity index (χ0n) is 3.54. The molecule has 0 aromatic carbocycles. The van der Waals surface area contributed by atoms with Gasteiger partial charge in [-0.2, -0.15) is 6.29 Å². The third-order valence-corrected chi connectivity index (χ3v) is 0.116. The standard InChI is InChI=1S/C2F3O.K/c3-2(4,5)1-6;/q-1;+1. The zero-order valence-corrected chi connectivity index (χ0v) is 6.67. The molecule has 0 unspecified atom stereocenters. The van der Waals surface area contributed by atoms with Crippen LogP contribution in [0.1, 0.15) is 0 Å². The van der Waals surface area contributed by atoms with E-state index in [-0.39, 0.29) is 57.7 Å². The molecular weight excluding hydrogens is 136 g/mol. The summed E-state index contributed by atoms with van der Waals surface area (Å²) < 4.78 is 31.1. The minimum absolute atomic E-state index is 0. The van der Waals surface area contributed by atoms with Crippen molar-refractivity contribution in [3.8, 4) is 0 Å². The molecule has 5 heteroatoms. The van der Waals surface area contributed by atoms with Gasteiger partial charge in [-0.15, -0.1) is 0 Å². The molecule has 0 aromatic heterocycles. The summed E-state index contributed by atoms with van der Waals surface area (Å²) in [4.78, 5) is 8.58. The van der Waals surface area contributed by atoms with Gasteiger partial charge in [0.25, 0.3) is 6.18 Å². The fraction of sp³-hybridized carbons (Fsp3) is 0.500. The Kier molecular flexibility index (Phi) is 6.31. The SMILES string of the molecule is O=[C-]C(F)(F)F.[K+]. The van der Waals surface area contributed by atoms with Gasteiger partial charge in [-0.3, -0.25) is 0 Å². The van der Waals surface area contributed by atoms with Crippen LogP contribution in [0.25, 0.3) is 0 Å². The number of hydrogen-bond donors (Lipinski definition) is 0. The first-order chi connectivity index (χ1) is 2.56. The van der Waals surface area contributed by atoms with Crippen LogP contribution in [0.5, 0.6) is 0 Å². The van der Waals surface area contributed by atoms with Crippen LogP contribution >= 0.6 is 0 Å². The molecule has 0 atom stereocenters. The van der Waals surface area contributed by atoms with E-state index in [2.05, 4.69) is 0 Å². The van der Waals surface area contributed by atoms with Gasteiger partial charge in [-0.1, -0.05) is 0 Å². The van der Waals surface area contributed by atoms with Crippen molar-refractivity contribution in [2.24, 2.45) is 0 Å². The van der Waals surface area contributed by atoms with E-state index in [0.29, 0.717) is 0 Å². The minimum atomic E-state index is -4.76. The molecule has 0 radical (unpaired) electrons. The summed E-state index contributed by atoms with van der Waals surface area (Å²) >= 11 is 0. The number of alkyl halides is 3. The Balaban J connectivity index is 0. The van der Waals surface area contributed by atoms with E-state index in [1.807, 2.05) is 0 Å². The molecular formula is C2F3KO. The van der Waals surface area contributed by atoms with E-state index in [1.165, 1.54) is 0 Å². The van der Waals surface area contributed by atoms with Crippen LogP contribution in [-0.4, -0.2) is 12.5 Å². The van der Waals surface area contributed by atoms with Crippen molar-refractivity contribution >= 4 is 6.29 Å². The van der Waals surface area contributed by atoms with Gasteiger partial charge in [0, 0.05) is 0 Å². The summed E-state index contributed by atoms with van der Waals surface area (Å²) in [7, 11) is 0. The first kappa shape index (κ1) is 11.0. The molecule has 0 fully saturated rings. The van der Waals surface area contributed by atoms with Crippen molar-refractivity contribution in [3.05, 3.63) is 0 Å². The second-order valence-corrected chi connectivity index (χ2v) is 0.600. The van der Waals surface area contributed by atoms with Gasteiger partial charge in [-0.05, 0) is 0 Å². The molecule has 0 N–H and O–H groups in total. The summed E-state index contributed by atoms with van der Waals surface area (Å²) in [6.45, 7) is 0. The first-order valence-corrected chi connectivity index (χ1v) is 1.02. The Morgan fingerprint density at radius 1 is 1.29 bits per heavy atom. The molecule has 0 aliphatic rings. The fourth-order valence-electron chi connectivity index (χ4n) is 0. The van der Waals surface area contributed by atoms with Gasteiger partial charge in [-0.25, -0.2) is 13.2 Å². The Bertz CT molecular complexity index is 58.4. The molecule has 0 saturated carbocycles. The summed E-state index contributed by atoms with van der Waals surface area (Å²) in [5, 5.41) is 0. The van der Waals surface area contributed by atoms with Crippen molar-refractivity contribution in [2.75, 3.05) is 0 Å². The van der Waals surface area contributed by atoms with E-state index in [0.717, 1.165) is 0 Å². The molecule has 0 spiro atoms. The molecule has 0 bridgehead atoms. The topological polar surface area (TPSA) is 17.1 Å². The smallest absolute Gasteiger partial charge is 0.533 e. The van der Waals surface area contributed by atoms with E-state index < -0.39 is 6.18 Å². The quantitative estimate of drug-likeness (QED) is 0.269. The van der Waals surface area contributed by atoms with E-state index >= 15 is 0 Å². The molecule has 7 heavy (non-hydrogen) atoms. The third-order valence-electron chi connectivity index (χ3n) is 0.116. The predicted octanol–water partition coefficient (Wildman–Crippen LogP) is -2.34. The Hall–Kier alpha value is 1.10. The number of halogens is 3. The monoisotopic (exact) mass is 136 g/mol. The molecule has 0 amide bonds. The predicted molar refractivity (Wildman–Crippen MR) is 11.7 cm³/mol. The molecule has 0 aliphatic carbocycles. The van der Waals surface area contributed by atoms with Crippen molar-refractivity contribution < 1.29 is 69.4 Å². The van der Waals surface area contributed by atoms with Crippen LogP contribution in [-0.2, 0) is 4.79 Å². The fourth-order valence-corrected chi connectivity index (χ4v) is 0. The molecule has 0 aliphatic heterocycles. The second-order valence-electron chi connectivity index (χ2n) is 0.600. The summed E-state index contributed by atoms with van der Waals surface area (Å²) in [6, 6.07) is 0. The third kappa shape index (κ3) is 11.0. The van der Waals surface area contributed by atoms with E-state index in [4.69, 9.17) is 4.79 Å². The van der Waals surface area contributed by atoms with Crippen LogP contribution in [0.15, 0.2) is 0 Å². The number of rotatable bonds is 0. The van der Waals surface area contributed by atoms with Crippen molar-refractivity contribution in [1.82, 2.24) is 0 Å². The average molecular weight is 136 g/mol. The largest absolute Gasteiger partial charge is 1.00 e. The average Bonchev–Trinajstić information content (AvgIpc) is 1.35. The van der Waals surface area contributed by atoms with Crippen molar-refractivity contribution in [1.29, 1.82) is 0 Å². The number of carbonyl (C=O) groups excluding carboxylic acids is 1.